The molecule has 0 bridgehead atoms. The molecule has 0 spiro atoms. The van der Waals surface area contributed by atoms with Crippen molar-refractivity contribution in [3.8, 4) is 0 Å². The number of carbonyl (C=O) groups is 1. The van der Waals surface area contributed by atoms with Gasteiger partial charge in [-0.3, -0.25) is 4.79 Å². The van der Waals surface area contributed by atoms with Crippen molar-refractivity contribution in [3.63, 3.8) is 0 Å². The average Bonchev–Trinajstić information content (AvgIpc) is 2.42. The van der Waals surface area contributed by atoms with Crippen LogP contribution in [0.25, 0.3) is 0 Å². The SMILES string of the molecule is CN(Cc1ccc(Cl)c(Cl)c1)C(=O)CCCCCCN. The Labute approximate surface area is 131 Å². The van der Waals surface area contributed by atoms with Gasteiger partial charge in [-0.1, -0.05) is 42.1 Å². The van der Waals surface area contributed by atoms with E-state index in [2.05, 4.69) is 0 Å². The lowest BCUT2D eigenvalue weighted by molar-refractivity contribution is -0.130. The average molecular weight is 317 g/mol. The quantitative estimate of drug-likeness (QED) is 0.740. The zero-order valence-electron chi connectivity index (χ0n) is 11.9. The topological polar surface area (TPSA) is 46.3 Å². The Kier molecular flexibility index (Phi) is 7.97. The van der Waals surface area contributed by atoms with Gasteiger partial charge < -0.3 is 10.6 Å². The molecule has 20 heavy (non-hydrogen) atoms. The highest BCUT2D eigenvalue weighted by Gasteiger charge is 2.09. The molecule has 0 saturated heterocycles. The van der Waals surface area contributed by atoms with E-state index in [0.29, 0.717) is 23.0 Å². The first-order chi connectivity index (χ1) is 9.54. The number of unbranched alkanes of at least 4 members (excludes halogenated alkanes) is 3. The minimum Gasteiger partial charge on any atom is -0.341 e. The molecule has 3 nitrogen and oxygen atoms in total. The first-order valence-electron chi connectivity index (χ1n) is 6.92. The predicted octanol–water partition coefficient (Wildman–Crippen LogP) is 3.86. The van der Waals surface area contributed by atoms with E-state index in [1.165, 1.54) is 0 Å². The van der Waals surface area contributed by atoms with E-state index < -0.39 is 0 Å². The van der Waals surface area contributed by atoms with Crippen molar-refractivity contribution >= 4 is 29.1 Å². The van der Waals surface area contributed by atoms with Crippen LogP contribution in [0.2, 0.25) is 10.0 Å². The Morgan fingerprint density at radius 2 is 1.85 bits per heavy atom. The number of nitrogens with zero attached hydrogens (tertiary/aromatic N) is 1. The fourth-order valence-corrected chi connectivity index (χ4v) is 2.29. The van der Waals surface area contributed by atoms with E-state index in [9.17, 15) is 4.79 Å². The minimum absolute atomic E-state index is 0.156. The van der Waals surface area contributed by atoms with Crippen LogP contribution in [0.15, 0.2) is 18.2 Å². The van der Waals surface area contributed by atoms with Crippen LogP contribution in [0.4, 0.5) is 0 Å². The molecule has 0 fully saturated rings. The van der Waals surface area contributed by atoms with Crippen LogP contribution in [-0.4, -0.2) is 24.4 Å². The zero-order chi connectivity index (χ0) is 15.0. The highest BCUT2D eigenvalue weighted by atomic mass is 35.5. The molecule has 1 aromatic carbocycles. The molecule has 0 aliphatic rings. The summed E-state index contributed by atoms with van der Waals surface area (Å²) >= 11 is 11.8. The number of rotatable bonds is 8. The van der Waals surface area contributed by atoms with Gasteiger partial charge >= 0.3 is 0 Å². The standard InChI is InChI=1S/C15H22Cl2N2O/c1-19(15(20)6-4-2-3-5-9-18)11-12-7-8-13(16)14(17)10-12/h7-8,10H,2-6,9,11,18H2,1H3. The normalized spacial score (nSPS) is 10.6. The van der Waals surface area contributed by atoms with Crippen LogP contribution in [0.1, 0.15) is 37.7 Å². The Balaban J connectivity index is 2.35. The third-order valence-electron chi connectivity index (χ3n) is 3.17. The zero-order valence-corrected chi connectivity index (χ0v) is 13.4. The van der Waals surface area contributed by atoms with E-state index in [0.717, 1.165) is 37.8 Å². The largest absolute Gasteiger partial charge is 0.341 e. The molecule has 0 atom stereocenters. The summed E-state index contributed by atoms with van der Waals surface area (Å²) in [5.74, 6) is 0.156. The summed E-state index contributed by atoms with van der Waals surface area (Å²) in [5, 5.41) is 1.05. The van der Waals surface area contributed by atoms with Crippen molar-refractivity contribution in [1.82, 2.24) is 4.90 Å². The Hall–Kier alpha value is -0.770. The molecule has 0 aromatic heterocycles. The highest BCUT2D eigenvalue weighted by Crippen LogP contribution is 2.23. The van der Waals surface area contributed by atoms with Crippen molar-refractivity contribution in [1.29, 1.82) is 0 Å². The Morgan fingerprint density at radius 3 is 2.50 bits per heavy atom. The smallest absolute Gasteiger partial charge is 0.222 e. The summed E-state index contributed by atoms with van der Waals surface area (Å²) in [7, 11) is 1.81. The maximum absolute atomic E-state index is 12.0. The van der Waals surface area contributed by atoms with Crippen LogP contribution in [0, 0.1) is 0 Å². The molecule has 1 rings (SSSR count). The summed E-state index contributed by atoms with van der Waals surface area (Å²) in [6, 6.07) is 5.44. The van der Waals surface area contributed by atoms with Gasteiger partial charge in [0.1, 0.15) is 0 Å². The Bertz CT molecular complexity index is 438. The molecule has 2 N–H and O–H groups in total. The number of halogens is 2. The second-order valence-electron chi connectivity index (χ2n) is 4.95. The van der Waals surface area contributed by atoms with Gasteiger partial charge in [-0.15, -0.1) is 0 Å². The van der Waals surface area contributed by atoms with E-state index in [1.54, 1.807) is 17.0 Å². The molecule has 1 aromatic rings. The summed E-state index contributed by atoms with van der Waals surface area (Å²) in [6.45, 7) is 1.28. The van der Waals surface area contributed by atoms with Gasteiger partial charge in [0.25, 0.3) is 0 Å². The molecule has 0 saturated carbocycles. The summed E-state index contributed by atoms with van der Waals surface area (Å²) in [6.07, 6.45) is 4.70. The van der Waals surface area contributed by atoms with Gasteiger partial charge in [-0.25, -0.2) is 0 Å². The van der Waals surface area contributed by atoms with Gasteiger partial charge in [0.2, 0.25) is 5.91 Å². The number of hydrogen-bond acceptors (Lipinski definition) is 2. The van der Waals surface area contributed by atoms with Crippen molar-refractivity contribution in [2.75, 3.05) is 13.6 Å². The molecule has 112 valence electrons. The summed E-state index contributed by atoms with van der Waals surface area (Å²) in [4.78, 5) is 13.7. The fourth-order valence-electron chi connectivity index (χ4n) is 1.97. The molecule has 0 unspecified atom stereocenters. The maximum Gasteiger partial charge on any atom is 0.222 e. The van der Waals surface area contributed by atoms with E-state index >= 15 is 0 Å². The number of benzene rings is 1. The molecular formula is C15H22Cl2N2O. The third kappa shape index (κ3) is 6.12. The number of nitrogens with two attached hydrogens (primary N) is 1. The van der Waals surface area contributed by atoms with Crippen LogP contribution < -0.4 is 5.73 Å². The van der Waals surface area contributed by atoms with Crippen molar-refractivity contribution in [2.24, 2.45) is 5.73 Å². The fraction of sp³-hybridized carbons (Fsp3) is 0.533. The van der Waals surface area contributed by atoms with Crippen LogP contribution >= 0.6 is 23.2 Å². The monoisotopic (exact) mass is 316 g/mol. The van der Waals surface area contributed by atoms with Crippen LogP contribution in [-0.2, 0) is 11.3 Å². The summed E-state index contributed by atoms with van der Waals surface area (Å²) in [5.41, 5.74) is 6.42. The van der Waals surface area contributed by atoms with Gasteiger partial charge in [0.15, 0.2) is 0 Å². The molecule has 0 aliphatic heterocycles. The minimum atomic E-state index is 0.156. The van der Waals surface area contributed by atoms with Crippen LogP contribution in [0.3, 0.4) is 0 Å². The van der Waals surface area contributed by atoms with Gasteiger partial charge in [0.05, 0.1) is 10.0 Å². The van der Waals surface area contributed by atoms with E-state index in [4.69, 9.17) is 28.9 Å². The summed E-state index contributed by atoms with van der Waals surface area (Å²) < 4.78 is 0. The second-order valence-corrected chi connectivity index (χ2v) is 5.77. The predicted molar refractivity (Wildman–Crippen MR) is 85.1 cm³/mol. The van der Waals surface area contributed by atoms with Crippen molar-refractivity contribution in [3.05, 3.63) is 33.8 Å². The first kappa shape index (κ1) is 17.3. The number of carbonyl (C=O) groups excluding carboxylic acids is 1. The van der Waals surface area contributed by atoms with Crippen molar-refractivity contribution < 1.29 is 4.79 Å². The van der Waals surface area contributed by atoms with E-state index in [-0.39, 0.29) is 5.91 Å². The number of amides is 1. The lowest BCUT2D eigenvalue weighted by Crippen LogP contribution is -2.25. The van der Waals surface area contributed by atoms with Gasteiger partial charge in [0, 0.05) is 20.0 Å². The lowest BCUT2D eigenvalue weighted by Gasteiger charge is -2.17. The highest BCUT2D eigenvalue weighted by molar-refractivity contribution is 6.42. The van der Waals surface area contributed by atoms with Gasteiger partial charge in [-0.05, 0) is 37.1 Å². The van der Waals surface area contributed by atoms with E-state index in [1.807, 2.05) is 13.1 Å². The van der Waals surface area contributed by atoms with Crippen LogP contribution in [0.5, 0.6) is 0 Å². The third-order valence-corrected chi connectivity index (χ3v) is 3.91. The number of hydrogen-bond donors (Lipinski definition) is 1. The molecule has 0 heterocycles. The molecule has 0 aliphatic carbocycles. The van der Waals surface area contributed by atoms with Gasteiger partial charge in [-0.2, -0.15) is 0 Å². The first-order valence-corrected chi connectivity index (χ1v) is 7.68. The lowest BCUT2D eigenvalue weighted by atomic mass is 10.1. The molecule has 1 amide bonds. The molecule has 5 heteroatoms. The van der Waals surface area contributed by atoms with Crippen molar-refractivity contribution in [2.45, 2.75) is 38.6 Å². The molecular weight excluding hydrogens is 295 g/mol. The maximum atomic E-state index is 12.0. The molecule has 0 radical (unpaired) electrons. The Morgan fingerprint density at radius 1 is 1.15 bits per heavy atom. The second kappa shape index (κ2) is 9.22.